The van der Waals surface area contributed by atoms with Gasteiger partial charge in [0.25, 0.3) is 0 Å². The van der Waals surface area contributed by atoms with Crippen LogP contribution in [0.3, 0.4) is 0 Å². The number of phosphoric acid groups is 2. The zero-order chi connectivity index (χ0) is 75.1. The van der Waals surface area contributed by atoms with Crippen molar-refractivity contribution in [1.82, 2.24) is 0 Å². The highest BCUT2D eigenvalue weighted by atomic mass is 31.2. The fraction of sp³-hybridized carbons (Fsp3) is 0.904. The summed E-state index contributed by atoms with van der Waals surface area (Å²) < 4.78 is 68.7. The van der Waals surface area contributed by atoms with Crippen molar-refractivity contribution >= 4 is 39.5 Å². The van der Waals surface area contributed by atoms with Gasteiger partial charge < -0.3 is 33.8 Å². The lowest BCUT2D eigenvalue weighted by Crippen LogP contribution is -2.30. The van der Waals surface area contributed by atoms with Gasteiger partial charge in [-0.15, -0.1) is 0 Å². The van der Waals surface area contributed by atoms with Crippen LogP contribution in [0.1, 0.15) is 408 Å². The molecule has 0 aliphatic heterocycles. The van der Waals surface area contributed by atoms with E-state index in [0.717, 1.165) is 127 Å². The van der Waals surface area contributed by atoms with E-state index in [2.05, 4.69) is 72.8 Å². The molecule has 0 heterocycles. The van der Waals surface area contributed by atoms with Gasteiger partial charge in [-0.3, -0.25) is 37.3 Å². The molecule has 0 rings (SSSR count). The van der Waals surface area contributed by atoms with E-state index >= 15 is 0 Å². The van der Waals surface area contributed by atoms with Crippen molar-refractivity contribution < 1.29 is 80.2 Å². The van der Waals surface area contributed by atoms with Gasteiger partial charge in [-0.1, -0.05) is 355 Å². The van der Waals surface area contributed by atoms with Gasteiger partial charge in [0.05, 0.1) is 26.4 Å². The van der Waals surface area contributed by atoms with Crippen LogP contribution in [0.15, 0.2) is 24.3 Å². The Balaban J connectivity index is 5.26. The van der Waals surface area contributed by atoms with E-state index in [9.17, 15) is 43.2 Å². The summed E-state index contributed by atoms with van der Waals surface area (Å²) in [5, 5.41) is 10.6. The zero-order valence-electron chi connectivity index (χ0n) is 66.6. The molecule has 0 radical (unpaired) electrons. The van der Waals surface area contributed by atoms with Gasteiger partial charge in [0.2, 0.25) is 0 Å². The van der Waals surface area contributed by atoms with Crippen molar-refractivity contribution in [2.24, 2.45) is 17.8 Å². The summed E-state index contributed by atoms with van der Waals surface area (Å²) in [5.74, 6) is 0.201. The minimum Gasteiger partial charge on any atom is -0.462 e. The minimum atomic E-state index is -4.97. The Morgan fingerprint density at radius 1 is 0.324 bits per heavy atom. The Bertz CT molecular complexity index is 2070. The quantitative estimate of drug-likeness (QED) is 0.0169. The van der Waals surface area contributed by atoms with Crippen LogP contribution in [0, 0.1) is 17.8 Å². The number of esters is 4. The fourth-order valence-corrected chi connectivity index (χ4v) is 13.8. The number of carbonyl (C=O) groups is 4. The molecule has 102 heavy (non-hydrogen) atoms. The molecule has 0 saturated heterocycles. The van der Waals surface area contributed by atoms with Crippen LogP contribution >= 0.6 is 15.6 Å². The summed E-state index contributed by atoms with van der Waals surface area (Å²) in [7, 11) is -9.94. The Hall–Kier alpha value is -2.46. The molecule has 17 nitrogen and oxygen atoms in total. The third-order valence-electron chi connectivity index (χ3n) is 19.1. The number of hydrogen-bond acceptors (Lipinski definition) is 15. The molecule has 0 amide bonds. The highest BCUT2D eigenvalue weighted by Gasteiger charge is 2.30. The zero-order valence-corrected chi connectivity index (χ0v) is 68.4. The molecule has 0 aliphatic rings. The maximum atomic E-state index is 13.1. The smallest absolute Gasteiger partial charge is 0.462 e. The first-order valence-electron chi connectivity index (χ1n) is 42.2. The number of aliphatic hydroxyl groups excluding tert-OH is 1. The summed E-state index contributed by atoms with van der Waals surface area (Å²) in [6, 6.07) is 0. The van der Waals surface area contributed by atoms with Crippen molar-refractivity contribution in [2.45, 2.75) is 426 Å². The van der Waals surface area contributed by atoms with Crippen LogP contribution in [0.25, 0.3) is 0 Å². The first kappa shape index (κ1) is 99.5. The second-order valence-electron chi connectivity index (χ2n) is 30.4. The van der Waals surface area contributed by atoms with Gasteiger partial charge in [-0.25, -0.2) is 9.13 Å². The number of ether oxygens (including phenoxy) is 4. The topological polar surface area (TPSA) is 237 Å². The maximum Gasteiger partial charge on any atom is 0.472 e. The number of rotatable bonds is 79. The monoisotopic (exact) mass is 1490 g/mol. The van der Waals surface area contributed by atoms with Crippen LogP contribution in [0.4, 0.5) is 0 Å². The molecule has 0 aromatic heterocycles. The second kappa shape index (κ2) is 72.7. The molecule has 0 bridgehead atoms. The summed E-state index contributed by atoms with van der Waals surface area (Å²) in [6.45, 7) is 11.9. The molecular weight excluding hydrogens is 1330 g/mol. The number of allylic oxidation sites excluding steroid dienone is 4. The molecular formula is C83H158O17P2. The van der Waals surface area contributed by atoms with Gasteiger partial charge in [-0.2, -0.15) is 0 Å². The van der Waals surface area contributed by atoms with Crippen LogP contribution in [-0.4, -0.2) is 96.7 Å². The van der Waals surface area contributed by atoms with Crippen molar-refractivity contribution in [3.05, 3.63) is 24.3 Å². The average Bonchev–Trinajstić information content (AvgIpc) is 0.925. The Morgan fingerprint density at radius 2 is 0.578 bits per heavy atom. The van der Waals surface area contributed by atoms with Crippen LogP contribution in [-0.2, 0) is 65.4 Å². The van der Waals surface area contributed by atoms with E-state index in [-0.39, 0.29) is 25.7 Å². The molecule has 0 aliphatic carbocycles. The molecule has 19 heteroatoms. The Morgan fingerprint density at radius 3 is 0.873 bits per heavy atom. The first-order valence-corrected chi connectivity index (χ1v) is 45.2. The SMILES string of the molecule is CCCCCC/C=C\C=C/CCCCCCCC(=O)O[C@H](COC(=O)CCCCCCCCCCCCCCCCCC(C)C)COP(=O)(O)OC[C@@H](O)COP(=O)(O)OC[C@@H](COC(=O)CCCCCCCCC(C)CC)OC(=O)CCCCCCCCCCCCCCCCCCC(C)C. The second-order valence-corrected chi connectivity index (χ2v) is 33.3. The van der Waals surface area contributed by atoms with Gasteiger partial charge in [0.15, 0.2) is 12.2 Å². The molecule has 0 aromatic carbocycles. The summed E-state index contributed by atoms with van der Waals surface area (Å²) >= 11 is 0. The lowest BCUT2D eigenvalue weighted by molar-refractivity contribution is -0.161. The summed E-state index contributed by atoms with van der Waals surface area (Å²) in [5.41, 5.74) is 0. The molecule has 3 N–H and O–H groups in total. The lowest BCUT2D eigenvalue weighted by atomic mass is 10.00. The van der Waals surface area contributed by atoms with Gasteiger partial charge >= 0.3 is 39.5 Å². The average molecular weight is 1490 g/mol. The molecule has 0 fully saturated rings. The van der Waals surface area contributed by atoms with Crippen molar-refractivity contribution in [1.29, 1.82) is 0 Å². The molecule has 0 spiro atoms. The van der Waals surface area contributed by atoms with Gasteiger partial charge in [0.1, 0.15) is 19.3 Å². The predicted octanol–water partition coefficient (Wildman–Crippen LogP) is 24.5. The lowest BCUT2D eigenvalue weighted by Gasteiger charge is -2.21. The highest BCUT2D eigenvalue weighted by Crippen LogP contribution is 2.45. The third-order valence-corrected chi connectivity index (χ3v) is 21.0. The van der Waals surface area contributed by atoms with Gasteiger partial charge in [-0.05, 0) is 69.1 Å². The summed E-state index contributed by atoms with van der Waals surface area (Å²) in [6.07, 6.45) is 64.7. The standard InChI is InChI=1S/C83H158O17P2/c1-8-10-11-12-13-14-15-16-20-28-33-38-43-52-59-66-82(87)99-78(70-93-80(85)64-57-50-42-37-32-27-24-19-22-26-31-36-41-48-55-62-75(5)6)72-97-101(89,90)95-68-77(84)69-96-102(91,92)98-73-79(71-94-81(86)65-58-51-46-45-49-56-63-76(7)9-2)100-83(88)67-60-53-44-39-34-29-23-18-17-21-25-30-35-40-47-54-61-74(3)4/h14-16,20,74-79,84H,8-13,17-19,21-73H2,1-7H3,(H,89,90)(H,91,92)/b15-14-,20-16-/t76?,77-,78-,79-/m1/s1. The Labute approximate surface area is 624 Å². The van der Waals surface area contributed by atoms with Crippen molar-refractivity contribution in [3.63, 3.8) is 0 Å². The first-order chi connectivity index (χ1) is 49.3. The van der Waals surface area contributed by atoms with E-state index in [1.807, 2.05) is 0 Å². The van der Waals surface area contributed by atoms with E-state index < -0.39 is 97.5 Å². The van der Waals surface area contributed by atoms with Crippen molar-refractivity contribution in [2.75, 3.05) is 39.6 Å². The number of unbranched alkanes of at least 4 members (excludes halogenated alkanes) is 43. The van der Waals surface area contributed by atoms with Crippen LogP contribution in [0.2, 0.25) is 0 Å². The molecule has 6 atom stereocenters. The third kappa shape index (κ3) is 74.4. The van der Waals surface area contributed by atoms with E-state index in [1.165, 1.54) is 199 Å². The van der Waals surface area contributed by atoms with Gasteiger partial charge in [0, 0.05) is 25.7 Å². The van der Waals surface area contributed by atoms with Crippen molar-refractivity contribution in [3.8, 4) is 0 Å². The molecule has 3 unspecified atom stereocenters. The van der Waals surface area contributed by atoms with Crippen LogP contribution in [0.5, 0.6) is 0 Å². The van der Waals surface area contributed by atoms with E-state index in [0.29, 0.717) is 25.7 Å². The fourth-order valence-electron chi connectivity index (χ4n) is 12.3. The molecule has 0 saturated carbocycles. The van der Waals surface area contributed by atoms with E-state index in [4.69, 9.17) is 37.0 Å². The number of phosphoric ester groups is 2. The van der Waals surface area contributed by atoms with E-state index in [1.54, 1.807) is 0 Å². The largest absolute Gasteiger partial charge is 0.472 e. The summed E-state index contributed by atoms with van der Waals surface area (Å²) in [4.78, 5) is 73.1. The van der Waals surface area contributed by atoms with Crippen LogP contribution < -0.4 is 0 Å². The predicted molar refractivity (Wildman–Crippen MR) is 418 cm³/mol. The number of hydrogen-bond donors (Lipinski definition) is 3. The minimum absolute atomic E-state index is 0.0851. The number of carbonyl (C=O) groups excluding carboxylic acids is 4. The molecule has 0 aromatic rings. The maximum absolute atomic E-state index is 13.1. The highest BCUT2D eigenvalue weighted by molar-refractivity contribution is 7.47. The number of aliphatic hydroxyl groups is 1. The Kier molecular flexibility index (Phi) is 71.0. The molecule has 602 valence electrons. The normalized spacial score (nSPS) is 14.4.